The Bertz CT molecular complexity index is 1500. The highest BCUT2D eigenvalue weighted by Gasteiger charge is 2.22. The van der Waals surface area contributed by atoms with Crippen LogP contribution >= 0.6 is 11.3 Å². The second-order valence-electron chi connectivity index (χ2n) is 7.86. The first-order valence-electron chi connectivity index (χ1n) is 11.1. The second-order valence-corrected chi connectivity index (χ2v) is 10.7. The van der Waals surface area contributed by atoms with E-state index < -0.39 is 22.4 Å². The molecular formula is C28H21FN2O3S2. The largest absolute Gasteiger partial charge is 0.317 e. The zero-order valence-corrected chi connectivity index (χ0v) is 20.9. The van der Waals surface area contributed by atoms with Crippen molar-refractivity contribution in [1.29, 1.82) is 5.26 Å². The average Bonchev–Trinajstić information content (AvgIpc) is 3.32. The van der Waals surface area contributed by atoms with Crippen LogP contribution in [0.3, 0.4) is 0 Å². The van der Waals surface area contributed by atoms with Crippen molar-refractivity contribution in [2.45, 2.75) is 18.2 Å². The highest BCUT2D eigenvalue weighted by atomic mass is 32.2. The Labute approximate surface area is 214 Å². The first-order valence-corrected chi connectivity index (χ1v) is 13.2. The van der Waals surface area contributed by atoms with Crippen molar-refractivity contribution in [3.63, 3.8) is 0 Å². The smallest absolute Gasteiger partial charge is 0.229 e. The molecule has 1 unspecified atom stereocenters. The lowest BCUT2D eigenvalue weighted by molar-refractivity contribution is -0.115. The summed E-state index contributed by atoms with van der Waals surface area (Å²) in [5.74, 6) is -0.907. The van der Waals surface area contributed by atoms with Gasteiger partial charge in [-0.05, 0) is 53.6 Å². The lowest BCUT2D eigenvalue weighted by Gasteiger charge is -2.05. The van der Waals surface area contributed by atoms with Crippen molar-refractivity contribution in [3.8, 4) is 17.2 Å². The third kappa shape index (κ3) is 5.65. The third-order valence-electron chi connectivity index (χ3n) is 5.44. The number of carbonyl (C=O) groups is 2. The van der Waals surface area contributed by atoms with Crippen molar-refractivity contribution in [2.75, 3.05) is 11.1 Å². The van der Waals surface area contributed by atoms with Gasteiger partial charge in [0.15, 0.2) is 0 Å². The summed E-state index contributed by atoms with van der Waals surface area (Å²) in [6, 6.07) is 23.3. The molecular weight excluding hydrogens is 495 g/mol. The molecule has 0 saturated heterocycles. The Hall–Kier alpha value is -3.93. The normalized spacial score (nSPS) is 11.5. The summed E-state index contributed by atoms with van der Waals surface area (Å²) in [5.41, 5.74) is 2.23. The Kier molecular flexibility index (Phi) is 7.84. The molecule has 36 heavy (non-hydrogen) atoms. The molecule has 8 heteroatoms. The van der Waals surface area contributed by atoms with E-state index in [1.54, 1.807) is 60.7 Å². The van der Waals surface area contributed by atoms with Crippen molar-refractivity contribution < 1.29 is 18.2 Å². The number of thiophene rings is 1. The van der Waals surface area contributed by atoms with Gasteiger partial charge in [0.1, 0.15) is 5.82 Å². The van der Waals surface area contributed by atoms with E-state index in [4.69, 9.17) is 0 Å². The zero-order chi connectivity index (χ0) is 25.7. The van der Waals surface area contributed by atoms with Gasteiger partial charge in [0, 0.05) is 16.2 Å². The van der Waals surface area contributed by atoms with Crippen LogP contribution in [0.2, 0.25) is 0 Å². The second kappa shape index (κ2) is 11.2. The monoisotopic (exact) mass is 516 g/mol. The van der Waals surface area contributed by atoms with Crippen LogP contribution in [0.4, 0.5) is 9.39 Å². The van der Waals surface area contributed by atoms with E-state index in [1.165, 1.54) is 18.2 Å². The maximum Gasteiger partial charge on any atom is 0.229 e. The lowest BCUT2D eigenvalue weighted by atomic mass is 10.00. The molecule has 5 nitrogen and oxygen atoms in total. The van der Waals surface area contributed by atoms with Gasteiger partial charge in [-0.25, -0.2) is 4.39 Å². The number of carbonyl (C=O) groups excluding carboxylic acids is 2. The van der Waals surface area contributed by atoms with E-state index in [1.807, 2.05) is 6.92 Å². The fourth-order valence-corrected chi connectivity index (χ4v) is 5.48. The standard InChI is InChI=1S/C28H21FN2O3S2/c1-2-36(34)21-12-10-18(11-13-21)15-25(32)31-26-16-23(20-7-5-6-19(14-20)17-30)28(35-26)27(33)22-8-3-4-9-24(22)29/h3-14,16H,2,15H2,1H3,(H,31,32). The number of nitrogens with zero attached hydrogens (tertiary/aromatic N) is 1. The van der Waals surface area contributed by atoms with E-state index >= 15 is 0 Å². The average molecular weight is 517 g/mol. The topological polar surface area (TPSA) is 87.0 Å². The number of benzene rings is 3. The van der Waals surface area contributed by atoms with E-state index in [0.29, 0.717) is 32.3 Å². The van der Waals surface area contributed by atoms with Gasteiger partial charge in [0.25, 0.3) is 0 Å². The van der Waals surface area contributed by atoms with Crippen molar-refractivity contribution >= 4 is 38.8 Å². The van der Waals surface area contributed by atoms with E-state index in [2.05, 4.69) is 11.4 Å². The van der Waals surface area contributed by atoms with Crippen LogP contribution in [0.15, 0.2) is 83.8 Å². The summed E-state index contributed by atoms with van der Waals surface area (Å²) in [7, 11) is -1.06. The predicted octanol–water partition coefficient (Wildman–Crippen LogP) is 5.97. The summed E-state index contributed by atoms with van der Waals surface area (Å²) in [4.78, 5) is 27.0. The predicted molar refractivity (Wildman–Crippen MR) is 140 cm³/mol. The summed E-state index contributed by atoms with van der Waals surface area (Å²) < 4.78 is 26.3. The van der Waals surface area contributed by atoms with Crippen LogP contribution < -0.4 is 5.32 Å². The molecule has 1 N–H and O–H groups in total. The number of halogens is 1. The van der Waals surface area contributed by atoms with Crippen LogP contribution in [0.5, 0.6) is 0 Å². The summed E-state index contributed by atoms with van der Waals surface area (Å²) in [5, 5.41) is 12.5. The Balaban J connectivity index is 1.63. The molecule has 1 atom stereocenters. The molecule has 0 saturated carbocycles. The van der Waals surface area contributed by atoms with Gasteiger partial charge in [-0.2, -0.15) is 5.26 Å². The molecule has 0 radical (unpaired) electrons. The van der Waals surface area contributed by atoms with Gasteiger partial charge in [-0.15, -0.1) is 11.3 Å². The number of hydrogen-bond donors (Lipinski definition) is 1. The number of ketones is 1. The van der Waals surface area contributed by atoms with E-state index in [0.717, 1.165) is 16.9 Å². The molecule has 4 aromatic rings. The van der Waals surface area contributed by atoms with Crippen molar-refractivity contribution in [3.05, 3.63) is 106 Å². The Morgan fingerprint density at radius 2 is 1.78 bits per heavy atom. The highest BCUT2D eigenvalue weighted by Crippen LogP contribution is 2.37. The van der Waals surface area contributed by atoms with Crippen LogP contribution in [-0.4, -0.2) is 21.7 Å². The van der Waals surface area contributed by atoms with Crippen LogP contribution in [0.25, 0.3) is 11.1 Å². The van der Waals surface area contributed by atoms with Crippen LogP contribution in [-0.2, 0) is 22.0 Å². The Morgan fingerprint density at radius 1 is 1.03 bits per heavy atom. The molecule has 0 bridgehead atoms. The molecule has 0 aliphatic rings. The molecule has 1 aromatic heterocycles. The van der Waals surface area contributed by atoms with Gasteiger partial charge in [0.2, 0.25) is 11.7 Å². The fourth-order valence-electron chi connectivity index (χ4n) is 3.65. The number of anilines is 1. The number of hydrogen-bond acceptors (Lipinski definition) is 5. The molecule has 1 heterocycles. The molecule has 0 aliphatic carbocycles. The molecule has 1 amide bonds. The molecule has 0 spiro atoms. The molecule has 180 valence electrons. The maximum absolute atomic E-state index is 14.4. The van der Waals surface area contributed by atoms with Crippen molar-refractivity contribution in [2.24, 2.45) is 0 Å². The SMILES string of the molecule is CCS(=O)c1ccc(CC(=O)Nc2cc(-c3cccc(C#N)c3)c(C(=O)c3ccccc3F)s2)cc1. The minimum absolute atomic E-state index is 0.0699. The molecule has 4 rings (SSSR count). The molecule has 0 fully saturated rings. The number of rotatable bonds is 8. The van der Waals surface area contributed by atoms with E-state index in [9.17, 15) is 23.5 Å². The van der Waals surface area contributed by atoms with Gasteiger partial charge < -0.3 is 5.32 Å². The number of amides is 1. The molecule has 3 aromatic carbocycles. The first-order chi connectivity index (χ1) is 17.4. The van der Waals surface area contributed by atoms with Crippen LogP contribution in [0, 0.1) is 17.1 Å². The van der Waals surface area contributed by atoms with Gasteiger partial charge in [-0.3, -0.25) is 13.8 Å². The van der Waals surface area contributed by atoms with Gasteiger partial charge >= 0.3 is 0 Å². The Morgan fingerprint density at radius 3 is 2.47 bits per heavy atom. The minimum atomic E-state index is -1.06. The quantitative estimate of drug-likeness (QED) is 0.293. The number of nitrogens with one attached hydrogen (secondary N) is 1. The summed E-state index contributed by atoms with van der Waals surface area (Å²) >= 11 is 1.06. The van der Waals surface area contributed by atoms with Crippen molar-refractivity contribution in [1.82, 2.24) is 0 Å². The van der Waals surface area contributed by atoms with E-state index in [-0.39, 0.29) is 22.8 Å². The zero-order valence-electron chi connectivity index (χ0n) is 19.3. The third-order valence-corrected chi connectivity index (χ3v) is 7.81. The summed E-state index contributed by atoms with van der Waals surface area (Å²) in [6.45, 7) is 1.84. The highest BCUT2D eigenvalue weighted by molar-refractivity contribution is 7.85. The fraction of sp³-hybridized carbons (Fsp3) is 0.107. The summed E-state index contributed by atoms with van der Waals surface area (Å²) in [6.07, 6.45) is 0.0901. The lowest BCUT2D eigenvalue weighted by Crippen LogP contribution is -2.13. The number of nitriles is 1. The minimum Gasteiger partial charge on any atom is -0.317 e. The van der Waals surface area contributed by atoms with Crippen LogP contribution in [0.1, 0.15) is 33.3 Å². The van der Waals surface area contributed by atoms with Gasteiger partial charge in [0.05, 0.1) is 44.3 Å². The molecule has 0 aliphatic heterocycles. The maximum atomic E-state index is 14.4. The first kappa shape index (κ1) is 25.2. The van der Waals surface area contributed by atoms with Gasteiger partial charge in [-0.1, -0.05) is 43.3 Å².